The van der Waals surface area contributed by atoms with Crippen LogP contribution < -0.4 is 5.32 Å². The summed E-state index contributed by atoms with van der Waals surface area (Å²) >= 11 is 0. The molecule has 0 aliphatic heterocycles. The molecule has 122 valence electrons. The number of hydrogen-bond acceptors (Lipinski definition) is 3. The van der Waals surface area contributed by atoms with Crippen molar-refractivity contribution >= 4 is 0 Å². The lowest BCUT2D eigenvalue weighted by atomic mass is 9.84. The first-order chi connectivity index (χ1) is 10.1. The molecule has 0 spiro atoms. The van der Waals surface area contributed by atoms with E-state index in [4.69, 9.17) is 0 Å². The fraction of sp³-hybridized carbons (Fsp3) is 1.00. The van der Waals surface area contributed by atoms with Gasteiger partial charge in [-0.1, -0.05) is 20.3 Å². The van der Waals surface area contributed by atoms with Crippen LogP contribution in [-0.4, -0.2) is 47.3 Å². The van der Waals surface area contributed by atoms with Gasteiger partial charge < -0.3 is 15.3 Å². The van der Waals surface area contributed by atoms with Gasteiger partial charge in [-0.05, 0) is 63.3 Å². The Hall–Kier alpha value is -0.120. The Morgan fingerprint density at radius 1 is 1.19 bits per heavy atom. The van der Waals surface area contributed by atoms with Gasteiger partial charge in [0.15, 0.2) is 0 Å². The fourth-order valence-corrected chi connectivity index (χ4v) is 4.40. The van der Waals surface area contributed by atoms with E-state index in [2.05, 4.69) is 24.1 Å². The van der Waals surface area contributed by atoms with Crippen LogP contribution >= 0.6 is 0 Å². The largest absolute Gasteiger partial charge is 0.394 e. The first-order valence-electron chi connectivity index (χ1n) is 9.25. The average molecular weight is 294 g/mol. The van der Waals surface area contributed by atoms with E-state index < -0.39 is 0 Å². The molecule has 2 atom stereocenters. The molecule has 2 unspecified atom stereocenters. The van der Waals surface area contributed by atoms with E-state index in [0.717, 1.165) is 18.4 Å². The normalized spacial score (nSPS) is 33.3. The van der Waals surface area contributed by atoms with E-state index in [1.54, 1.807) is 0 Å². The molecule has 3 fully saturated rings. The molecule has 0 aromatic rings. The van der Waals surface area contributed by atoms with Crippen LogP contribution in [0.2, 0.25) is 0 Å². The Morgan fingerprint density at radius 2 is 1.95 bits per heavy atom. The highest BCUT2D eigenvalue weighted by molar-refractivity contribution is 5.00. The maximum absolute atomic E-state index is 10.0. The van der Waals surface area contributed by atoms with Gasteiger partial charge in [0.25, 0.3) is 0 Å². The van der Waals surface area contributed by atoms with Crippen LogP contribution in [0.15, 0.2) is 0 Å². The van der Waals surface area contributed by atoms with Crippen LogP contribution in [0.25, 0.3) is 0 Å². The van der Waals surface area contributed by atoms with Gasteiger partial charge in [-0.3, -0.25) is 0 Å². The number of nitrogens with one attached hydrogen (secondary N) is 1. The summed E-state index contributed by atoms with van der Waals surface area (Å²) in [7, 11) is 0. The second-order valence-corrected chi connectivity index (χ2v) is 8.16. The zero-order valence-corrected chi connectivity index (χ0v) is 14.0. The summed E-state index contributed by atoms with van der Waals surface area (Å²) < 4.78 is 0. The Bertz CT molecular complexity index is 338. The van der Waals surface area contributed by atoms with Gasteiger partial charge in [-0.2, -0.15) is 0 Å². The predicted molar refractivity (Wildman–Crippen MR) is 87.4 cm³/mol. The van der Waals surface area contributed by atoms with Crippen molar-refractivity contribution in [1.29, 1.82) is 0 Å². The summed E-state index contributed by atoms with van der Waals surface area (Å²) in [5.41, 5.74) is 0.00294. The molecule has 3 aliphatic rings. The summed E-state index contributed by atoms with van der Waals surface area (Å²) in [5.74, 6) is 1.66. The smallest absolute Gasteiger partial charge is 0.0616 e. The second kappa shape index (κ2) is 6.55. The number of aliphatic hydroxyl groups is 1. The first-order valence-corrected chi connectivity index (χ1v) is 9.25. The van der Waals surface area contributed by atoms with Crippen LogP contribution in [0.5, 0.6) is 0 Å². The zero-order chi connectivity index (χ0) is 14.9. The van der Waals surface area contributed by atoms with Gasteiger partial charge in [0, 0.05) is 24.2 Å². The molecule has 0 aromatic heterocycles. The minimum absolute atomic E-state index is 0.00294. The summed E-state index contributed by atoms with van der Waals surface area (Å²) in [6.45, 7) is 7.32. The molecule has 0 aromatic carbocycles. The molecule has 3 saturated carbocycles. The molecule has 0 heterocycles. The van der Waals surface area contributed by atoms with E-state index in [1.165, 1.54) is 58.0 Å². The molecule has 3 aliphatic carbocycles. The molecule has 3 heteroatoms. The van der Waals surface area contributed by atoms with Crippen molar-refractivity contribution in [2.75, 3.05) is 19.7 Å². The Balaban J connectivity index is 1.54. The van der Waals surface area contributed by atoms with Crippen molar-refractivity contribution in [2.45, 2.75) is 82.8 Å². The third-order valence-electron chi connectivity index (χ3n) is 5.83. The number of aliphatic hydroxyl groups excluding tert-OH is 1. The predicted octanol–water partition coefficient (Wildman–Crippen LogP) is 2.78. The van der Waals surface area contributed by atoms with Gasteiger partial charge in [0.05, 0.1) is 6.61 Å². The molecule has 0 saturated heterocycles. The van der Waals surface area contributed by atoms with Crippen molar-refractivity contribution in [1.82, 2.24) is 10.2 Å². The second-order valence-electron chi connectivity index (χ2n) is 8.16. The lowest BCUT2D eigenvalue weighted by Gasteiger charge is -2.38. The van der Waals surface area contributed by atoms with Gasteiger partial charge in [0.2, 0.25) is 0 Å². The van der Waals surface area contributed by atoms with Crippen LogP contribution in [-0.2, 0) is 0 Å². The number of hydrogen-bond donors (Lipinski definition) is 2. The third-order valence-corrected chi connectivity index (χ3v) is 5.83. The lowest BCUT2D eigenvalue weighted by molar-refractivity contribution is 0.101. The minimum atomic E-state index is 0.00294. The fourth-order valence-electron chi connectivity index (χ4n) is 4.40. The molecular formula is C18H34N2O. The highest BCUT2D eigenvalue weighted by Crippen LogP contribution is 2.40. The van der Waals surface area contributed by atoms with Gasteiger partial charge in [-0.25, -0.2) is 0 Å². The summed E-state index contributed by atoms with van der Waals surface area (Å²) in [4.78, 5) is 2.77. The van der Waals surface area contributed by atoms with Crippen LogP contribution in [0.4, 0.5) is 0 Å². The van der Waals surface area contributed by atoms with Crippen LogP contribution in [0, 0.1) is 11.8 Å². The van der Waals surface area contributed by atoms with Gasteiger partial charge >= 0.3 is 0 Å². The lowest BCUT2D eigenvalue weighted by Crippen LogP contribution is -2.54. The van der Waals surface area contributed by atoms with E-state index in [0.29, 0.717) is 18.6 Å². The number of nitrogens with zero attached hydrogens (tertiary/aromatic N) is 1. The molecule has 3 rings (SSSR count). The number of rotatable bonds is 9. The van der Waals surface area contributed by atoms with Crippen molar-refractivity contribution in [2.24, 2.45) is 11.8 Å². The maximum Gasteiger partial charge on any atom is 0.0616 e. The Morgan fingerprint density at radius 3 is 2.52 bits per heavy atom. The monoisotopic (exact) mass is 294 g/mol. The van der Waals surface area contributed by atoms with E-state index in [-0.39, 0.29) is 5.54 Å². The third kappa shape index (κ3) is 4.00. The highest BCUT2D eigenvalue weighted by Gasteiger charge is 2.43. The average Bonchev–Trinajstić information content (AvgIpc) is 3.33. The zero-order valence-electron chi connectivity index (χ0n) is 14.0. The van der Waals surface area contributed by atoms with Crippen LogP contribution in [0.1, 0.15) is 65.2 Å². The van der Waals surface area contributed by atoms with E-state index in [1.807, 2.05) is 0 Å². The molecule has 0 radical (unpaired) electrons. The van der Waals surface area contributed by atoms with Gasteiger partial charge in [0.1, 0.15) is 0 Å². The van der Waals surface area contributed by atoms with Crippen LogP contribution in [0.3, 0.4) is 0 Å². The van der Waals surface area contributed by atoms with Crippen molar-refractivity contribution < 1.29 is 5.11 Å². The summed E-state index contributed by atoms with van der Waals surface area (Å²) in [6, 6.07) is 1.36. The molecule has 0 bridgehead atoms. The summed E-state index contributed by atoms with van der Waals surface area (Å²) in [5, 5.41) is 13.7. The molecule has 3 nitrogen and oxygen atoms in total. The highest BCUT2D eigenvalue weighted by atomic mass is 16.3. The molecule has 0 amide bonds. The Kier molecular flexibility index (Phi) is 4.92. The molecule has 2 N–H and O–H groups in total. The SMILES string of the molecule is CC(C)NC1(CO)CCCC1CCN(CC1CC1)C1CC1. The summed E-state index contributed by atoms with van der Waals surface area (Å²) in [6.07, 6.45) is 10.8. The Labute approximate surface area is 130 Å². The standard InChI is InChI=1S/C18H34N2O/c1-14(2)19-18(13-21)10-3-4-16(18)9-11-20(17-7-8-17)12-15-5-6-15/h14-17,19,21H,3-13H2,1-2H3. The van der Waals surface area contributed by atoms with Crippen molar-refractivity contribution in [3.8, 4) is 0 Å². The van der Waals surface area contributed by atoms with Gasteiger partial charge in [-0.15, -0.1) is 0 Å². The maximum atomic E-state index is 10.0. The molecular weight excluding hydrogens is 260 g/mol. The topological polar surface area (TPSA) is 35.5 Å². The molecule has 21 heavy (non-hydrogen) atoms. The minimum Gasteiger partial charge on any atom is -0.394 e. The quantitative estimate of drug-likeness (QED) is 0.686. The van der Waals surface area contributed by atoms with E-state index >= 15 is 0 Å². The van der Waals surface area contributed by atoms with Crippen molar-refractivity contribution in [3.05, 3.63) is 0 Å². The van der Waals surface area contributed by atoms with Crippen molar-refractivity contribution in [3.63, 3.8) is 0 Å². The van der Waals surface area contributed by atoms with E-state index in [9.17, 15) is 5.11 Å². The first kappa shape index (κ1) is 15.8.